The SMILES string of the molecule is CCC(=O)CCCN(Cc1ccco1)C1CC1. The number of ketones is 1. The van der Waals surface area contributed by atoms with Crippen molar-refractivity contribution in [3.05, 3.63) is 24.2 Å². The van der Waals surface area contributed by atoms with E-state index in [0.717, 1.165) is 37.7 Å². The molecular formula is C14H21NO2. The third kappa shape index (κ3) is 4.00. The summed E-state index contributed by atoms with van der Waals surface area (Å²) in [5.41, 5.74) is 0. The maximum absolute atomic E-state index is 11.3. The van der Waals surface area contributed by atoms with Crippen molar-refractivity contribution in [3.63, 3.8) is 0 Å². The summed E-state index contributed by atoms with van der Waals surface area (Å²) in [6, 6.07) is 4.67. The van der Waals surface area contributed by atoms with Crippen LogP contribution in [0.2, 0.25) is 0 Å². The maximum atomic E-state index is 11.3. The van der Waals surface area contributed by atoms with Gasteiger partial charge < -0.3 is 4.42 Å². The minimum absolute atomic E-state index is 0.374. The molecule has 0 radical (unpaired) electrons. The highest BCUT2D eigenvalue weighted by Crippen LogP contribution is 2.28. The molecule has 1 saturated carbocycles. The lowest BCUT2D eigenvalue weighted by molar-refractivity contribution is -0.118. The number of carbonyl (C=O) groups is 1. The molecule has 3 nitrogen and oxygen atoms in total. The Hall–Kier alpha value is -1.09. The van der Waals surface area contributed by atoms with Gasteiger partial charge in [0.05, 0.1) is 12.8 Å². The van der Waals surface area contributed by atoms with Crippen molar-refractivity contribution in [3.8, 4) is 0 Å². The predicted molar refractivity (Wildman–Crippen MR) is 66.7 cm³/mol. The van der Waals surface area contributed by atoms with Crippen LogP contribution < -0.4 is 0 Å². The Morgan fingerprint density at radius 3 is 2.94 bits per heavy atom. The summed E-state index contributed by atoms with van der Waals surface area (Å²) in [6.45, 7) is 3.83. The van der Waals surface area contributed by atoms with Gasteiger partial charge in [0, 0.05) is 18.9 Å². The lowest BCUT2D eigenvalue weighted by Gasteiger charge is -2.20. The van der Waals surface area contributed by atoms with Crippen LogP contribution in [0.1, 0.15) is 44.8 Å². The topological polar surface area (TPSA) is 33.5 Å². The number of furan rings is 1. The fourth-order valence-electron chi connectivity index (χ4n) is 2.09. The Balaban J connectivity index is 1.75. The van der Waals surface area contributed by atoms with Crippen LogP contribution in [-0.4, -0.2) is 23.3 Å². The Morgan fingerprint density at radius 2 is 2.35 bits per heavy atom. The third-order valence-corrected chi connectivity index (χ3v) is 3.30. The van der Waals surface area contributed by atoms with Crippen LogP contribution in [0.4, 0.5) is 0 Å². The molecule has 1 aromatic heterocycles. The summed E-state index contributed by atoms with van der Waals surface area (Å²) >= 11 is 0. The normalized spacial score (nSPS) is 15.4. The smallest absolute Gasteiger partial charge is 0.132 e. The van der Waals surface area contributed by atoms with E-state index in [0.29, 0.717) is 12.2 Å². The van der Waals surface area contributed by atoms with Crippen LogP contribution in [0.15, 0.2) is 22.8 Å². The molecule has 3 heteroatoms. The first-order valence-corrected chi connectivity index (χ1v) is 6.57. The van der Waals surface area contributed by atoms with E-state index in [1.807, 2.05) is 19.1 Å². The molecule has 1 aliphatic carbocycles. The zero-order valence-corrected chi connectivity index (χ0v) is 10.5. The molecular weight excluding hydrogens is 214 g/mol. The largest absolute Gasteiger partial charge is 0.468 e. The molecule has 0 bridgehead atoms. The number of hydrogen-bond acceptors (Lipinski definition) is 3. The Labute approximate surface area is 103 Å². The van der Waals surface area contributed by atoms with Crippen LogP contribution in [-0.2, 0) is 11.3 Å². The summed E-state index contributed by atoms with van der Waals surface area (Å²) in [6.07, 6.45) is 6.68. The van der Waals surface area contributed by atoms with Gasteiger partial charge in [-0.1, -0.05) is 6.92 Å². The fraction of sp³-hybridized carbons (Fsp3) is 0.643. The van der Waals surface area contributed by atoms with Crippen LogP contribution in [0.25, 0.3) is 0 Å². The van der Waals surface area contributed by atoms with Gasteiger partial charge in [-0.2, -0.15) is 0 Å². The minimum Gasteiger partial charge on any atom is -0.468 e. The zero-order valence-electron chi connectivity index (χ0n) is 10.5. The van der Waals surface area contributed by atoms with Crippen molar-refractivity contribution >= 4 is 5.78 Å². The number of carbonyl (C=O) groups excluding carboxylic acids is 1. The molecule has 0 aromatic carbocycles. The summed E-state index contributed by atoms with van der Waals surface area (Å²) in [5, 5.41) is 0. The van der Waals surface area contributed by atoms with Gasteiger partial charge in [-0.3, -0.25) is 9.69 Å². The third-order valence-electron chi connectivity index (χ3n) is 3.30. The molecule has 0 unspecified atom stereocenters. The molecule has 0 aliphatic heterocycles. The van der Waals surface area contributed by atoms with Gasteiger partial charge in [-0.15, -0.1) is 0 Å². The molecule has 1 heterocycles. The number of nitrogens with zero attached hydrogens (tertiary/aromatic N) is 1. The van der Waals surface area contributed by atoms with E-state index in [-0.39, 0.29) is 0 Å². The fourth-order valence-corrected chi connectivity index (χ4v) is 2.09. The van der Waals surface area contributed by atoms with Crippen LogP contribution in [0.5, 0.6) is 0 Å². The van der Waals surface area contributed by atoms with Crippen molar-refractivity contribution < 1.29 is 9.21 Å². The van der Waals surface area contributed by atoms with Gasteiger partial charge in [0.2, 0.25) is 0 Å². The lowest BCUT2D eigenvalue weighted by Crippen LogP contribution is -2.26. The van der Waals surface area contributed by atoms with Gasteiger partial charge in [-0.05, 0) is 37.9 Å². The summed E-state index contributed by atoms with van der Waals surface area (Å²) in [5.74, 6) is 1.40. The molecule has 94 valence electrons. The van der Waals surface area contributed by atoms with Crippen molar-refractivity contribution in [2.75, 3.05) is 6.54 Å². The Morgan fingerprint density at radius 1 is 1.53 bits per heavy atom. The minimum atomic E-state index is 0.374. The molecule has 0 amide bonds. The summed E-state index contributed by atoms with van der Waals surface area (Å²) in [7, 11) is 0. The highest BCUT2D eigenvalue weighted by atomic mass is 16.3. The van der Waals surface area contributed by atoms with Crippen LogP contribution in [0, 0.1) is 0 Å². The van der Waals surface area contributed by atoms with E-state index in [1.165, 1.54) is 12.8 Å². The van der Waals surface area contributed by atoms with E-state index in [1.54, 1.807) is 6.26 Å². The molecule has 0 N–H and O–H groups in total. The van der Waals surface area contributed by atoms with E-state index in [9.17, 15) is 4.79 Å². The van der Waals surface area contributed by atoms with Crippen molar-refractivity contribution in [2.24, 2.45) is 0 Å². The van der Waals surface area contributed by atoms with Gasteiger partial charge >= 0.3 is 0 Å². The summed E-state index contributed by atoms with van der Waals surface area (Å²) < 4.78 is 5.38. The molecule has 17 heavy (non-hydrogen) atoms. The standard InChI is InChI=1S/C14H21NO2/c1-2-13(16)5-3-9-15(12-7-8-12)11-14-6-4-10-17-14/h4,6,10,12H,2-3,5,7-9,11H2,1H3. The zero-order chi connectivity index (χ0) is 12.1. The van der Waals surface area contributed by atoms with Crippen LogP contribution in [0.3, 0.4) is 0 Å². The first-order valence-electron chi connectivity index (χ1n) is 6.57. The highest BCUT2D eigenvalue weighted by molar-refractivity contribution is 5.77. The quantitative estimate of drug-likeness (QED) is 0.694. The molecule has 1 fully saturated rings. The average Bonchev–Trinajstić information content (AvgIpc) is 3.06. The Bertz CT molecular complexity index is 341. The van der Waals surface area contributed by atoms with E-state index < -0.39 is 0 Å². The Kier molecular flexibility index (Phi) is 4.37. The molecule has 0 spiro atoms. The molecule has 0 saturated heterocycles. The molecule has 1 aromatic rings. The van der Waals surface area contributed by atoms with Gasteiger partial charge in [-0.25, -0.2) is 0 Å². The highest BCUT2D eigenvalue weighted by Gasteiger charge is 2.29. The van der Waals surface area contributed by atoms with Gasteiger partial charge in [0.15, 0.2) is 0 Å². The first kappa shape index (κ1) is 12.4. The number of Topliss-reactive ketones (excluding diaryl/α,β-unsaturated/α-hetero) is 1. The lowest BCUT2D eigenvalue weighted by atomic mass is 10.2. The van der Waals surface area contributed by atoms with Crippen LogP contribution >= 0.6 is 0 Å². The molecule has 0 atom stereocenters. The number of rotatable bonds is 8. The molecule has 1 aliphatic rings. The second-order valence-corrected chi connectivity index (χ2v) is 4.78. The van der Waals surface area contributed by atoms with Gasteiger partial charge in [0.25, 0.3) is 0 Å². The van der Waals surface area contributed by atoms with E-state index in [4.69, 9.17) is 4.42 Å². The predicted octanol–water partition coefficient (Wildman–Crippen LogP) is 3.00. The van der Waals surface area contributed by atoms with E-state index >= 15 is 0 Å². The monoisotopic (exact) mass is 235 g/mol. The van der Waals surface area contributed by atoms with Crippen molar-refractivity contribution in [1.82, 2.24) is 4.90 Å². The average molecular weight is 235 g/mol. The number of hydrogen-bond donors (Lipinski definition) is 0. The van der Waals surface area contributed by atoms with Crippen molar-refractivity contribution in [1.29, 1.82) is 0 Å². The maximum Gasteiger partial charge on any atom is 0.132 e. The van der Waals surface area contributed by atoms with Gasteiger partial charge in [0.1, 0.15) is 11.5 Å². The van der Waals surface area contributed by atoms with Crippen molar-refractivity contribution in [2.45, 2.75) is 51.6 Å². The first-order chi connectivity index (χ1) is 8.29. The summed E-state index contributed by atoms with van der Waals surface area (Å²) in [4.78, 5) is 13.7. The second kappa shape index (κ2) is 6.01. The second-order valence-electron chi connectivity index (χ2n) is 4.78. The van der Waals surface area contributed by atoms with E-state index in [2.05, 4.69) is 4.90 Å². The molecule has 2 rings (SSSR count).